The fourth-order valence-electron chi connectivity index (χ4n) is 4.06. The molecular formula is C29H24BrClN6O2. The number of aromatic nitrogens is 3. The SMILES string of the molecule is CC(=O)Nc1cccc(C(=O)NCc2ccc(CNc3cc(-c4ccccc4Cl)nc4c(Br)cnn34)cc2)c1. The highest BCUT2D eigenvalue weighted by Crippen LogP contribution is 2.30. The molecule has 5 aromatic rings. The van der Waals surface area contributed by atoms with Crippen LogP contribution in [0.25, 0.3) is 16.9 Å². The summed E-state index contributed by atoms with van der Waals surface area (Å²) in [7, 11) is 0. The van der Waals surface area contributed by atoms with Crippen LogP contribution in [0.2, 0.25) is 5.02 Å². The third-order valence-corrected chi connectivity index (χ3v) is 6.86. The van der Waals surface area contributed by atoms with E-state index >= 15 is 0 Å². The minimum absolute atomic E-state index is 0.186. The topological polar surface area (TPSA) is 100 Å². The van der Waals surface area contributed by atoms with E-state index in [9.17, 15) is 9.59 Å². The van der Waals surface area contributed by atoms with Gasteiger partial charge in [-0.05, 0) is 51.3 Å². The quantitative estimate of drug-likeness (QED) is 0.193. The predicted molar refractivity (Wildman–Crippen MR) is 157 cm³/mol. The van der Waals surface area contributed by atoms with E-state index in [1.165, 1.54) is 6.92 Å². The van der Waals surface area contributed by atoms with E-state index < -0.39 is 0 Å². The average molecular weight is 604 g/mol. The number of amides is 2. The highest BCUT2D eigenvalue weighted by atomic mass is 79.9. The van der Waals surface area contributed by atoms with Crippen LogP contribution in [0.1, 0.15) is 28.4 Å². The van der Waals surface area contributed by atoms with Crippen LogP contribution in [-0.4, -0.2) is 26.4 Å². The molecule has 0 aliphatic carbocycles. The van der Waals surface area contributed by atoms with Crippen LogP contribution >= 0.6 is 27.5 Å². The Labute approximate surface area is 238 Å². The molecule has 0 unspecified atom stereocenters. The summed E-state index contributed by atoms with van der Waals surface area (Å²) in [4.78, 5) is 28.6. The molecule has 0 saturated carbocycles. The predicted octanol–water partition coefficient (Wildman–Crippen LogP) is 6.31. The molecule has 0 bridgehead atoms. The van der Waals surface area contributed by atoms with Crippen molar-refractivity contribution in [3.8, 4) is 11.3 Å². The summed E-state index contributed by atoms with van der Waals surface area (Å²) in [5.41, 5.74) is 5.35. The van der Waals surface area contributed by atoms with Crippen molar-refractivity contribution in [3.63, 3.8) is 0 Å². The van der Waals surface area contributed by atoms with Crippen LogP contribution in [0.3, 0.4) is 0 Å². The second-order valence-electron chi connectivity index (χ2n) is 8.85. The van der Waals surface area contributed by atoms with Gasteiger partial charge < -0.3 is 16.0 Å². The molecule has 0 aliphatic rings. The van der Waals surface area contributed by atoms with Gasteiger partial charge in [-0.25, -0.2) is 4.98 Å². The first-order valence-electron chi connectivity index (χ1n) is 12.1. The first-order chi connectivity index (χ1) is 18.9. The zero-order valence-corrected chi connectivity index (χ0v) is 23.3. The number of hydrogen-bond acceptors (Lipinski definition) is 5. The number of carbonyl (C=O) groups excluding carboxylic acids is 2. The first-order valence-corrected chi connectivity index (χ1v) is 13.3. The summed E-state index contributed by atoms with van der Waals surface area (Å²) in [5, 5.41) is 14.1. The number of fused-ring (bicyclic) bond motifs is 1. The van der Waals surface area contributed by atoms with Crippen LogP contribution in [0.15, 0.2) is 89.5 Å². The smallest absolute Gasteiger partial charge is 0.251 e. The van der Waals surface area contributed by atoms with E-state index in [1.54, 1.807) is 35.0 Å². The molecule has 10 heteroatoms. The highest BCUT2D eigenvalue weighted by Gasteiger charge is 2.13. The molecule has 196 valence electrons. The van der Waals surface area contributed by atoms with Crippen molar-refractivity contribution in [2.24, 2.45) is 0 Å². The third-order valence-electron chi connectivity index (χ3n) is 5.97. The van der Waals surface area contributed by atoms with Crippen molar-refractivity contribution in [2.45, 2.75) is 20.0 Å². The molecule has 0 aliphatic heterocycles. The summed E-state index contributed by atoms with van der Waals surface area (Å²) in [5.74, 6) is 0.377. The van der Waals surface area contributed by atoms with Crippen molar-refractivity contribution >= 4 is 56.5 Å². The van der Waals surface area contributed by atoms with Crippen molar-refractivity contribution < 1.29 is 9.59 Å². The van der Waals surface area contributed by atoms with Gasteiger partial charge in [-0.2, -0.15) is 9.61 Å². The lowest BCUT2D eigenvalue weighted by Gasteiger charge is -2.12. The largest absolute Gasteiger partial charge is 0.366 e. The summed E-state index contributed by atoms with van der Waals surface area (Å²) >= 11 is 9.96. The van der Waals surface area contributed by atoms with Gasteiger partial charge in [0, 0.05) is 47.9 Å². The van der Waals surface area contributed by atoms with Gasteiger partial charge in [0.15, 0.2) is 5.65 Å². The Kier molecular flexibility index (Phi) is 7.90. The number of halogens is 2. The van der Waals surface area contributed by atoms with E-state index in [4.69, 9.17) is 16.6 Å². The Morgan fingerprint density at radius 1 is 0.949 bits per heavy atom. The fourth-order valence-corrected chi connectivity index (χ4v) is 4.64. The molecule has 8 nitrogen and oxygen atoms in total. The fraction of sp³-hybridized carbons (Fsp3) is 0.103. The standard InChI is InChI=1S/C29H24BrClN6O2/c1-18(38)35-22-6-4-5-21(13-22)29(39)33-16-20-11-9-19(10-12-20)15-32-27-14-26(23-7-2-3-8-25(23)31)36-28-24(30)17-34-37(27)28/h2-14,17,32H,15-16H2,1H3,(H,33,39)(H,35,38). The molecule has 5 rings (SSSR count). The van der Waals surface area contributed by atoms with Crippen LogP contribution in [0.4, 0.5) is 11.5 Å². The number of carbonyl (C=O) groups is 2. The monoisotopic (exact) mass is 602 g/mol. The van der Waals surface area contributed by atoms with Crippen molar-refractivity contribution in [1.29, 1.82) is 0 Å². The van der Waals surface area contributed by atoms with Gasteiger partial charge in [-0.15, -0.1) is 0 Å². The van der Waals surface area contributed by atoms with Gasteiger partial charge in [0.2, 0.25) is 5.91 Å². The summed E-state index contributed by atoms with van der Waals surface area (Å²) in [6, 6.07) is 24.3. The Bertz CT molecular complexity index is 1670. The zero-order valence-electron chi connectivity index (χ0n) is 20.9. The molecule has 39 heavy (non-hydrogen) atoms. The lowest BCUT2D eigenvalue weighted by molar-refractivity contribution is -0.114. The number of nitrogens with one attached hydrogen (secondary N) is 3. The first kappa shape index (κ1) is 26.4. The second kappa shape index (κ2) is 11.7. The zero-order chi connectivity index (χ0) is 27.4. The van der Waals surface area contributed by atoms with Gasteiger partial charge in [0.05, 0.1) is 16.4 Å². The molecule has 0 spiro atoms. The van der Waals surface area contributed by atoms with Crippen molar-refractivity contribution in [1.82, 2.24) is 19.9 Å². The number of benzene rings is 3. The van der Waals surface area contributed by atoms with Gasteiger partial charge in [-0.1, -0.05) is 60.1 Å². The van der Waals surface area contributed by atoms with E-state index in [2.05, 4.69) is 37.0 Å². The second-order valence-corrected chi connectivity index (χ2v) is 10.1. The average Bonchev–Trinajstić information content (AvgIpc) is 3.31. The molecular weight excluding hydrogens is 580 g/mol. The maximum absolute atomic E-state index is 12.6. The van der Waals surface area contributed by atoms with E-state index in [-0.39, 0.29) is 11.8 Å². The number of nitrogens with zero attached hydrogens (tertiary/aromatic N) is 3. The van der Waals surface area contributed by atoms with E-state index in [0.717, 1.165) is 32.7 Å². The lowest BCUT2D eigenvalue weighted by Crippen LogP contribution is -2.23. The lowest BCUT2D eigenvalue weighted by atomic mass is 10.1. The van der Waals surface area contributed by atoms with Crippen molar-refractivity contribution in [3.05, 3.63) is 111 Å². The van der Waals surface area contributed by atoms with Crippen LogP contribution in [-0.2, 0) is 17.9 Å². The molecule has 2 heterocycles. The van der Waals surface area contributed by atoms with Gasteiger partial charge in [0.25, 0.3) is 5.91 Å². The number of rotatable bonds is 8. The minimum atomic E-state index is -0.214. The van der Waals surface area contributed by atoms with Gasteiger partial charge in [0.1, 0.15) is 5.82 Å². The molecule has 0 radical (unpaired) electrons. The van der Waals surface area contributed by atoms with Gasteiger partial charge in [-0.3, -0.25) is 9.59 Å². The van der Waals surface area contributed by atoms with Crippen LogP contribution in [0.5, 0.6) is 0 Å². The van der Waals surface area contributed by atoms with Gasteiger partial charge >= 0.3 is 0 Å². The van der Waals surface area contributed by atoms with Crippen LogP contribution < -0.4 is 16.0 Å². The maximum atomic E-state index is 12.6. The van der Waals surface area contributed by atoms with E-state index in [0.29, 0.717) is 35.0 Å². The highest BCUT2D eigenvalue weighted by molar-refractivity contribution is 9.10. The third kappa shape index (κ3) is 6.27. The van der Waals surface area contributed by atoms with E-state index in [1.807, 2.05) is 54.6 Å². The Balaban J connectivity index is 1.25. The minimum Gasteiger partial charge on any atom is -0.366 e. The molecule has 0 fully saturated rings. The van der Waals surface area contributed by atoms with Crippen molar-refractivity contribution in [2.75, 3.05) is 10.6 Å². The molecule has 3 aromatic carbocycles. The Morgan fingerprint density at radius 3 is 2.44 bits per heavy atom. The molecule has 2 aromatic heterocycles. The molecule has 3 N–H and O–H groups in total. The molecule has 2 amide bonds. The normalized spacial score (nSPS) is 10.8. The summed E-state index contributed by atoms with van der Waals surface area (Å²) < 4.78 is 2.53. The Morgan fingerprint density at radius 2 is 1.69 bits per heavy atom. The Hall–Kier alpha value is -4.21. The maximum Gasteiger partial charge on any atom is 0.251 e. The number of hydrogen-bond donors (Lipinski definition) is 3. The molecule has 0 saturated heterocycles. The number of anilines is 2. The summed E-state index contributed by atoms with van der Waals surface area (Å²) in [6.07, 6.45) is 1.71. The van der Waals surface area contributed by atoms with Crippen LogP contribution in [0, 0.1) is 0 Å². The summed E-state index contributed by atoms with van der Waals surface area (Å²) in [6.45, 7) is 2.36. The molecule has 0 atom stereocenters.